The van der Waals surface area contributed by atoms with Crippen LogP contribution in [0.1, 0.15) is 55.6 Å². The van der Waals surface area contributed by atoms with Crippen molar-refractivity contribution in [2.75, 3.05) is 13.1 Å². The molecule has 1 aliphatic heterocycles. The van der Waals surface area contributed by atoms with Gasteiger partial charge in [0.2, 0.25) is 5.91 Å². The molecule has 3 heterocycles. The zero-order chi connectivity index (χ0) is 19.4. The van der Waals surface area contributed by atoms with Crippen molar-refractivity contribution in [3.63, 3.8) is 0 Å². The van der Waals surface area contributed by atoms with E-state index in [0.717, 1.165) is 38.1 Å². The van der Waals surface area contributed by atoms with E-state index in [1.807, 2.05) is 17.3 Å². The molecule has 8 heteroatoms. The Kier molecular flexibility index (Phi) is 5.93. The Bertz CT molecular complexity index is 911. The summed E-state index contributed by atoms with van der Waals surface area (Å²) in [5.74, 6) is 1.16. The van der Waals surface area contributed by atoms with Crippen molar-refractivity contribution < 1.29 is 4.79 Å². The van der Waals surface area contributed by atoms with Crippen LogP contribution in [-0.2, 0) is 17.8 Å². The van der Waals surface area contributed by atoms with Crippen LogP contribution in [0, 0.1) is 6.92 Å². The van der Waals surface area contributed by atoms with E-state index < -0.39 is 11.2 Å². The number of nitrogens with zero attached hydrogens (tertiary/aromatic N) is 3. The Morgan fingerprint density at radius 2 is 2.15 bits per heavy atom. The number of aromatic amines is 2. The minimum absolute atomic E-state index is 0.00502. The molecule has 3 rings (SSSR count). The molecule has 0 bridgehead atoms. The number of piperidine rings is 1. The van der Waals surface area contributed by atoms with Gasteiger partial charge in [0.15, 0.2) is 0 Å². The Morgan fingerprint density at radius 1 is 1.33 bits per heavy atom. The second kappa shape index (κ2) is 8.37. The minimum atomic E-state index is -0.550. The molecule has 1 aliphatic rings. The number of amides is 1. The van der Waals surface area contributed by atoms with Gasteiger partial charge >= 0.3 is 5.69 Å². The number of H-pyrrole nitrogens is 2. The predicted octanol–water partition coefficient (Wildman–Crippen LogP) is 1.32. The second-order valence-electron chi connectivity index (χ2n) is 7.20. The number of nitrogens with one attached hydrogen (secondary N) is 2. The molecule has 1 saturated heterocycles. The summed E-state index contributed by atoms with van der Waals surface area (Å²) in [7, 11) is 0. The van der Waals surface area contributed by atoms with Gasteiger partial charge in [0.1, 0.15) is 5.82 Å². The molecular weight excluding hydrogens is 346 g/mol. The van der Waals surface area contributed by atoms with Crippen LogP contribution in [0.15, 0.2) is 22.0 Å². The van der Waals surface area contributed by atoms with Gasteiger partial charge in [0.25, 0.3) is 5.56 Å². The van der Waals surface area contributed by atoms with Gasteiger partial charge in [-0.1, -0.05) is 13.3 Å². The van der Waals surface area contributed by atoms with Crippen LogP contribution in [0.2, 0.25) is 0 Å². The summed E-state index contributed by atoms with van der Waals surface area (Å²) in [6.45, 7) is 6.05. The topological polar surface area (TPSA) is 104 Å². The smallest absolute Gasteiger partial charge is 0.325 e. The highest BCUT2D eigenvalue weighted by Crippen LogP contribution is 2.26. The summed E-state index contributed by atoms with van der Waals surface area (Å²) in [5, 5.41) is 0. The van der Waals surface area contributed by atoms with E-state index in [1.165, 1.54) is 0 Å². The lowest BCUT2D eigenvalue weighted by atomic mass is 9.96. The van der Waals surface area contributed by atoms with E-state index in [1.54, 1.807) is 6.92 Å². The summed E-state index contributed by atoms with van der Waals surface area (Å²) in [6.07, 6.45) is 7.98. The molecule has 2 aromatic rings. The number of carbonyl (C=O) groups excluding carboxylic acids is 1. The normalized spacial score (nSPS) is 17.3. The largest absolute Gasteiger partial charge is 0.342 e. The maximum Gasteiger partial charge on any atom is 0.325 e. The lowest BCUT2D eigenvalue weighted by molar-refractivity contribution is -0.131. The molecule has 146 valence electrons. The third-order valence-corrected chi connectivity index (χ3v) is 5.22. The summed E-state index contributed by atoms with van der Waals surface area (Å²) in [6, 6.07) is 0. The van der Waals surface area contributed by atoms with Gasteiger partial charge in [-0.15, -0.1) is 0 Å². The molecule has 2 aromatic heterocycles. The maximum absolute atomic E-state index is 12.8. The van der Waals surface area contributed by atoms with Crippen molar-refractivity contribution in [1.29, 1.82) is 0 Å². The van der Waals surface area contributed by atoms with Crippen molar-refractivity contribution in [2.24, 2.45) is 0 Å². The second-order valence-corrected chi connectivity index (χ2v) is 7.20. The minimum Gasteiger partial charge on any atom is -0.342 e. The first-order valence-corrected chi connectivity index (χ1v) is 9.60. The molecule has 0 saturated carbocycles. The number of carbonyl (C=O) groups is 1. The Morgan fingerprint density at radius 3 is 2.89 bits per heavy atom. The van der Waals surface area contributed by atoms with Crippen LogP contribution >= 0.6 is 0 Å². The van der Waals surface area contributed by atoms with Crippen LogP contribution in [-0.4, -0.2) is 43.4 Å². The van der Waals surface area contributed by atoms with Crippen LogP contribution in [0.25, 0.3) is 0 Å². The highest BCUT2D eigenvalue weighted by molar-refractivity contribution is 5.79. The van der Waals surface area contributed by atoms with Gasteiger partial charge < -0.3 is 14.5 Å². The zero-order valence-electron chi connectivity index (χ0n) is 16.0. The molecule has 1 atom stereocenters. The monoisotopic (exact) mass is 373 g/mol. The number of hydrogen-bond acceptors (Lipinski definition) is 4. The van der Waals surface area contributed by atoms with Crippen molar-refractivity contribution >= 4 is 5.91 Å². The van der Waals surface area contributed by atoms with Crippen LogP contribution in [0.4, 0.5) is 0 Å². The Labute approximate surface area is 157 Å². The van der Waals surface area contributed by atoms with Crippen LogP contribution in [0.3, 0.4) is 0 Å². The molecule has 2 N–H and O–H groups in total. The van der Waals surface area contributed by atoms with E-state index in [-0.39, 0.29) is 18.2 Å². The summed E-state index contributed by atoms with van der Waals surface area (Å²) >= 11 is 0. The number of aromatic nitrogens is 4. The predicted molar refractivity (Wildman–Crippen MR) is 102 cm³/mol. The van der Waals surface area contributed by atoms with Gasteiger partial charge in [-0.2, -0.15) is 0 Å². The van der Waals surface area contributed by atoms with Crippen LogP contribution in [0.5, 0.6) is 0 Å². The molecule has 8 nitrogen and oxygen atoms in total. The lowest BCUT2D eigenvalue weighted by Gasteiger charge is -2.33. The molecule has 0 aliphatic carbocycles. The highest BCUT2D eigenvalue weighted by Gasteiger charge is 2.28. The molecule has 1 fully saturated rings. The fraction of sp³-hybridized carbons (Fsp3) is 0.579. The molecule has 27 heavy (non-hydrogen) atoms. The van der Waals surface area contributed by atoms with Gasteiger partial charge in [0.05, 0.1) is 6.42 Å². The fourth-order valence-corrected chi connectivity index (χ4v) is 3.71. The van der Waals surface area contributed by atoms with Crippen molar-refractivity contribution in [1.82, 2.24) is 24.4 Å². The van der Waals surface area contributed by atoms with Gasteiger partial charge in [-0.25, -0.2) is 9.78 Å². The number of aryl methyl sites for hydroxylation is 2. The summed E-state index contributed by atoms with van der Waals surface area (Å²) in [5.41, 5.74) is -0.272. The average Bonchev–Trinajstić information content (AvgIpc) is 3.11. The first-order valence-electron chi connectivity index (χ1n) is 9.60. The number of imidazole rings is 1. The number of rotatable bonds is 6. The van der Waals surface area contributed by atoms with E-state index in [2.05, 4.69) is 26.4 Å². The molecular formula is C19H27N5O3. The number of unbranched alkanes of at least 4 members (excludes halogenated alkanes) is 1. The Hall–Kier alpha value is -2.64. The van der Waals surface area contributed by atoms with E-state index in [9.17, 15) is 14.4 Å². The van der Waals surface area contributed by atoms with Crippen LogP contribution < -0.4 is 11.2 Å². The fourth-order valence-electron chi connectivity index (χ4n) is 3.71. The first-order chi connectivity index (χ1) is 13.0. The van der Waals surface area contributed by atoms with Gasteiger partial charge in [-0.3, -0.25) is 14.6 Å². The first kappa shape index (κ1) is 19.1. The number of likely N-dealkylation sites (tertiary alicyclic amines) is 1. The maximum atomic E-state index is 12.8. The third kappa shape index (κ3) is 4.37. The standard InChI is InChI=1S/C19H27N5O3/c1-3-4-8-23-10-7-20-17(23)14-6-5-9-24(12-14)16(25)11-15-13(2)21-19(27)22-18(15)26/h7,10,14H,3-6,8-9,11-12H2,1-2H3,(H2,21,22,26,27)/t14-/m0/s1. The van der Waals surface area contributed by atoms with Gasteiger partial charge in [-0.05, 0) is 26.2 Å². The third-order valence-electron chi connectivity index (χ3n) is 5.22. The van der Waals surface area contributed by atoms with Crippen molar-refractivity contribution in [3.8, 4) is 0 Å². The SMILES string of the molecule is CCCCn1ccnc1[C@H]1CCCN(C(=O)Cc2c(C)[nH]c(=O)[nH]c2=O)C1. The molecule has 0 aromatic carbocycles. The van der Waals surface area contributed by atoms with E-state index >= 15 is 0 Å². The quantitative estimate of drug-likeness (QED) is 0.797. The number of hydrogen-bond donors (Lipinski definition) is 2. The van der Waals surface area contributed by atoms with Gasteiger partial charge in [0, 0.05) is 49.2 Å². The van der Waals surface area contributed by atoms with E-state index in [0.29, 0.717) is 24.3 Å². The van der Waals surface area contributed by atoms with Crippen molar-refractivity contribution in [3.05, 3.63) is 50.3 Å². The molecule has 1 amide bonds. The lowest BCUT2D eigenvalue weighted by Crippen LogP contribution is -2.41. The zero-order valence-corrected chi connectivity index (χ0v) is 16.0. The average molecular weight is 373 g/mol. The summed E-state index contributed by atoms with van der Waals surface area (Å²) < 4.78 is 2.19. The Balaban J connectivity index is 1.71. The van der Waals surface area contributed by atoms with E-state index in [4.69, 9.17) is 0 Å². The molecule has 0 spiro atoms. The molecule has 0 unspecified atom stereocenters. The van der Waals surface area contributed by atoms with Crippen molar-refractivity contribution in [2.45, 2.75) is 58.4 Å². The summed E-state index contributed by atoms with van der Waals surface area (Å²) in [4.78, 5) is 47.2. The highest BCUT2D eigenvalue weighted by atomic mass is 16.2. The molecule has 0 radical (unpaired) electrons.